The summed E-state index contributed by atoms with van der Waals surface area (Å²) >= 11 is 0. The van der Waals surface area contributed by atoms with Crippen LogP contribution in [0.25, 0.3) is 0 Å². The second kappa shape index (κ2) is 6.16. The van der Waals surface area contributed by atoms with Gasteiger partial charge in [-0.1, -0.05) is 6.07 Å². The Morgan fingerprint density at radius 3 is 2.63 bits per heavy atom. The maximum Gasteiger partial charge on any atom is 0.387 e. The average Bonchev–Trinajstić information content (AvgIpc) is 2.26. The summed E-state index contributed by atoms with van der Waals surface area (Å²) in [6.45, 7) is -0.228. The molecule has 1 aliphatic rings. The lowest BCUT2D eigenvalue weighted by atomic mass is 10.1. The molecule has 0 aromatic heterocycles. The minimum Gasteiger partial charge on any atom is -0.493 e. The van der Waals surface area contributed by atoms with Crippen LogP contribution in [-0.2, 0) is 6.54 Å². The van der Waals surface area contributed by atoms with Gasteiger partial charge in [0.1, 0.15) is 0 Å². The summed E-state index contributed by atoms with van der Waals surface area (Å²) in [4.78, 5) is 2.18. The van der Waals surface area contributed by atoms with Gasteiger partial charge in [0.2, 0.25) is 0 Å². The molecule has 1 heterocycles. The van der Waals surface area contributed by atoms with E-state index < -0.39 is 6.61 Å². The molecule has 1 saturated heterocycles. The van der Waals surface area contributed by atoms with Crippen LogP contribution >= 0.6 is 0 Å². The molecular formula is C13H18F2N2O2. The number of alkyl halides is 2. The van der Waals surface area contributed by atoms with Gasteiger partial charge in [0.05, 0.1) is 7.11 Å². The maximum absolute atomic E-state index is 12.3. The minimum atomic E-state index is -2.85. The van der Waals surface area contributed by atoms with Gasteiger partial charge in [-0.25, -0.2) is 0 Å². The van der Waals surface area contributed by atoms with Gasteiger partial charge >= 0.3 is 6.61 Å². The summed E-state index contributed by atoms with van der Waals surface area (Å²) in [6, 6.07) is 5.62. The lowest BCUT2D eigenvalue weighted by Crippen LogP contribution is -2.55. The number of rotatable bonds is 6. The van der Waals surface area contributed by atoms with Crippen LogP contribution < -0.4 is 14.8 Å². The van der Waals surface area contributed by atoms with Crippen LogP contribution in [0.3, 0.4) is 0 Å². The number of nitrogens with one attached hydrogen (secondary N) is 1. The average molecular weight is 272 g/mol. The fourth-order valence-electron chi connectivity index (χ4n) is 2.01. The fraction of sp³-hybridized carbons (Fsp3) is 0.538. The van der Waals surface area contributed by atoms with E-state index in [1.54, 1.807) is 12.1 Å². The lowest BCUT2D eigenvalue weighted by Gasteiger charge is -2.35. The third-order valence-electron chi connectivity index (χ3n) is 3.26. The number of halogens is 2. The quantitative estimate of drug-likeness (QED) is 0.854. The van der Waals surface area contributed by atoms with Crippen molar-refractivity contribution in [3.8, 4) is 11.5 Å². The Balaban J connectivity index is 2.07. The van der Waals surface area contributed by atoms with E-state index in [9.17, 15) is 8.78 Å². The zero-order valence-electron chi connectivity index (χ0n) is 11.0. The monoisotopic (exact) mass is 272 g/mol. The normalized spacial score (nSPS) is 15.7. The molecule has 4 nitrogen and oxygen atoms in total. The van der Waals surface area contributed by atoms with Gasteiger partial charge in [0.15, 0.2) is 11.5 Å². The molecule has 0 bridgehead atoms. The van der Waals surface area contributed by atoms with Crippen molar-refractivity contribution in [3.05, 3.63) is 23.8 Å². The molecule has 0 aliphatic carbocycles. The number of nitrogens with zero attached hydrogens (tertiary/aromatic N) is 1. The van der Waals surface area contributed by atoms with Crippen molar-refractivity contribution in [2.75, 3.05) is 27.2 Å². The third kappa shape index (κ3) is 3.54. The second-order valence-electron chi connectivity index (χ2n) is 4.59. The van der Waals surface area contributed by atoms with Crippen LogP contribution in [0.1, 0.15) is 5.56 Å². The number of likely N-dealkylation sites (N-methyl/N-ethyl adjacent to an activating group) is 1. The van der Waals surface area contributed by atoms with Crippen LogP contribution in [0, 0.1) is 0 Å². The topological polar surface area (TPSA) is 33.7 Å². The Labute approximate surface area is 111 Å². The van der Waals surface area contributed by atoms with Crippen LogP contribution in [0.15, 0.2) is 18.2 Å². The second-order valence-corrected chi connectivity index (χ2v) is 4.59. The molecule has 0 spiro atoms. The summed E-state index contributed by atoms with van der Waals surface area (Å²) in [5, 5.41) is 3.20. The summed E-state index contributed by atoms with van der Waals surface area (Å²) in [5.74, 6) is 0.396. The Kier molecular flexibility index (Phi) is 4.55. The Morgan fingerprint density at radius 2 is 2.11 bits per heavy atom. The van der Waals surface area contributed by atoms with E-state index in [1.807, 2.05) is 13.1 Å². The Bertz CT molecular complexity index is 425. The van der Waals surface area contributed by atoms with Crippen molar-refractivity contribution in [2.45, 2.75) is 19.2 Å². The first-order valence-electron chi connectivity index (χ1n) is 6.13. The lowest BCUT2D eigenvalue weighted by molar-refractivity contribution is -0.0512. The predicted molar refractivity (Wildman–Crippen MR) is 67.8 cm³/mol. The molecule has 0 amide bonds. The zero-order chi connectivity index (χ0) is 13.8. The molecule has 0 unspecified atom stereocenters. The predicted octanol–water partition coefficient (Wildman–Crippen LogP) is 1.70. The van der Waals surface area contributed by atoms with Gasteiger partial charge in [-0.15, -0.1) is 0 Å². The molecule has 2 rings (SSSR count). The van der Waals surface area contributed by atoms with Gasteiger partial charge in [-0.3, -0.25) is 4.90 Å². The van der Waals surface area contributed by atoms with Crippen LogP contribution in [0.4, 0.5) is 8.78 Å². The molecule has 19 heavy (non-hydrogen) atoms. The zero-order valence-corrected chi connectivity index (χ0v) is 11.0. The van der Waals surface area contributed by atoms with E-state index in [4.69, 9.17) is 4.74 Å². The Morgan fingerprint density at radius 1 is 1.37 bits per heavy atom. The molecule has 0 atom stereocenters. The van der Waals surface area contributed by atoms with Crippen molar-refractivity contribution in [2.24, 2.45) is 0 Å². The molecule has 1 aliphatic heterocycles. The molecule has 0 saturated carbocycles. The first-order valence-corrected chi connectivity index (χ1v) is 6.13. The van der Waals surface area contributed by atoms with Gasteiger partial charge < -0.3 is 14.8 Å². The first-order chi connectivity index (χ1) is 9.10. The molecule has 1 aromatic rings. The SMILES string of the molecule is COc1ccc(CN(C)C2CNC2)cc1OC(F)F. The summed E-state index contributed by atoms with van der Waals surface area (Å²) < 4.78 is 34.1. The van der Waals surface area contributed by atoms with Crippen molar-refractivity contribution in [3.63, 3.8) is 0 Å². The van der Waals surface area contributed by atoms with E-state index in [0.29, 0.717) is 18.3 Å². The van der Waals surface area contributed by atoms with E-state index in [2.05, 4.69) is 15.0 Å². The summed E-state index contributed by atoms with van der Waals surface area (Å²) in [5.41, 5.74) is 0.922. The third-order valence-corrected chi connectivity index (χ3v) is 3.26. The number of ether oxygens (including phenoxy) is 2. The number of hydrogen-bond acceptors (Lipinski definition) is 4. The molecule has 0 radical (unpaired) electrons. The number of hydrogen-bond donors (Lipinski definition) is 1. The fourth-order valence-corrected chi connectivity index (χ4v) is 2.01. The first kappa shape index (κ1) is 14.0. The van der Waals surface area contributed by atoms with Crippen molar-refractivity contribution >= 4 is 0 Å². The van der Waals surface area contributed by atoms with Crippen molar-refractivity contribution in [1.29, 1.82) is 0 Å². The van der Waals surface area contributed by atoms with Crippen LogP contribution in [-0.4, -0.2) is 44.8 Å². The highest BCUT2D eigenvalue weighted by Crippen LogP contribution is 2.30. The highest BCUT2D eigenvalue weighted by atomic mass is 19.3. The molecule has 106 valence electrons. The molecular weight excluding hydrogens is 254 g/mol. The smallest absolute Gasteiger partial charge is 0.387 e. The Hall–Kier alpha value is -1.40. The van der Waals surface area contributed by atoms with E-state index in [1.165, 1.54) is 7.11 Å². The maximum atomic E-state index is 12.3. The van der Waals surface area contributed by atoms with E-state index >= 15 is 0 Å². The molecule has 6 heteroatoms. The van der Waals surface area contributed by atoms with Gasteiger partial charge in [0, 0.05) is 25.7 Å². The highest BCUT2D eigenvalue weighted by Gasteiger charge is 2.21. The van der Waals surface area contributed by atoms with E-state index in [-0.39, 0.29) is 5.75 Å². The van der Waals surface area contributed by atoms with E-state index in [0.717, 1.165) is 18.7 Å². The van der Waals surface area contributed by atoms with Crippen LogP contribution in [0.5, 0.6) is 11.5 Å². The number of methoxy groups -OCH3 is 1. The van der Waals surface area contributed by atoms with Gasteiger partial charge in [-0.2, -0.15) is 8.78 Å². The number of benzene rings is 1. The van der Waals surface area contributed by atoms with Crippen LogP contribution in [0.2, 0.25) is 0 Å². The minimum absolute atomic E-state index is 0.0788. The molecule has 1 aromatic carbocycles. The van der Waals surface area contributed by atoms with Crippen molar-refractivity contribution in [1.82, 2.24) is 10.2 Å². The van der Waals surface area contributed by atoms with Crippen molar-refractivity contribution < 1.29 is 18.3 Å². The summed E-state index contributed by atoms with van der Waals surface area (Å²) in [6.07, 6.45) is 0. The van der Waals surface area contributed by atoms with Gasteiger partial charge in [0.25, 0.3) is 0 Å². The standard InChI is InChI=1S/C13H18F2N2O2/c1-17(10-6-16-7-10)8-9-3-4-11(18-2)12(5-9)19-13(14)15/h3-5,10,13,16H,6-8H2,1-2H3. The van der Waals surface area contributed by atoms with Gasteiger partial charge in [-0.05, 0) is 24.7 Å². The summed E-state index contributed by atoms with van der Waals surface area (Å²) in [7, 11) is 3.45. The molecule has 1 fully saturated rings. The largest absolute Gasteiger partial charge is 0.493 e. The molecule has 1 N–H and O–H groups in total. The highest BCUT2D eigenvalue weighted by molar-refractivity contribution is 5.43.